The number of alkyl halides is 3. The van der Waals surface area contributed by atoms with Gasteiger partial charge in [-0.05, 0) is 11.6 Å². The van der Waals surface area contributed by atoms with Crippen molar-refractivity contribution in [2.75, 3.05) is 18.6 Å². The average molecular weight is 283 g/mol. The predicted molar refractivity (Wildman–Crippen MR) is 66.2 cm³/mol. The van der Waals surface area contributed by atoms with Crippen LogP contribution >= 0.6 is 0 Å². The van der Waals surface area contributed by atoms with E-state index in [2.05, 4.69) is 6.58 Å². The molecule has 0 bridgehead atoms. The molecule has 1 aromatic rings. The molecule has 6 heteroatoms. The Morgan fingerprint density at radius 3 is 2.70 bits per heavy atom. The molecule has 1 saturated heterocycles. The second kappa shape index (κ2) is 3.85. The summed E-state index contributed by atoms with van der Waals surface area (Å²) in [7, 11) is 1.45. The Bertz CT molecular complexity index is 611. The number of amides is 1. The summed E-state index contributed by atoms with van der Waals surface area (Å²) in [6, 6.07) is 6.40. The van der Waals surface area contributed by atoms with Crippen LogP contribution in [0.3, 0.4) is 0 Å². The molecular formula is C14H12F3NO2. The SMILES string of the molecule is C=C1CO[C@]2(C(=O)N(C)c3ccccc32)[C@H]1C(F)(F)F. The maximum absolute atomic E-state index is 13.4. The highest BCUT2D eigenvalue weighted by Gasteiger charge is 2.67. The number of hydrogen-bond donors (Lipinski definition) is 0. The van der Waals surface area contributed by atoms with Crippen molar-refractivity contribution in [1.29, 1.82) is 0 Å². The lowest BCUT2D eigenvalue weighted by atomic mass is 9.80. The highest BCUT2D eigenvalue weighted by Crippen LogP contribution is 2.56. The average Bonchev–Trinajstić information content (AvgIpc) is 2.83. The Labute approximate surface area is 113 Å². The van der Waals surface area contributed by atoms with E-state index >= 15 is 0 Å². The second-order valence-electron chi connectivity index (χ2n) is 5.04. The van der Waals surface area contributed by atoms with Crippen LogP contribution in [0.4, 0.5) is 18.9 Å². The van der Waals surface area contributed by atoms with Crippen LogP contribution in [0.15, 0.2) is 36.4 Å². The number of likely N-dealkylation sites (N-methyl/N-ethyl adjacent to an activating group) is 1. The predicted octanol–water partition coefficient (Wildman–Crippen LogP) is 2.62. The molecule has 3 rings (SSSR count). The lowest BCUT2D eigenvalue weighted by Gasteiger charge is -2.30. The molecule has 3 nitrogen and oxygen atoms in total. The molecule has 2 aliphatic rings. The molecule has 1 amide bonds. The van der Waals surface area contributed by atoms with E-state index in [9.17, 15) is 18.0 Å². The molecule has 106 valence electrons. The van der Waals surface area contributed by atoms with Crippen LogP contribution in [0.1, 0.15) is 5.56 Å². The second-order valence-corrected chi connectivity index (χ2v) is 5.04. The molecule has 0 unspecified atom stereocenters. The minimum Gasteiger partial charge on any atom is -0.355 e. The zero-order valence-electron chi connectivity index (χ0n) is 10.7. The minimum absolute atomic E-state index is 0.115. The molecular weight excluding hydrogens is 271 g/mol. The summed E-state index contributed by atoms with van der Waals surface area (Å²) in [4.78, 5) is 13.7. The fourth-order valence-electron chi connectivity index (χ4n) is 3.09. The van der Waals surface area contributed by atoms with Gasteiger partial charge in [-0.1, -0.05) is 24.8 Å². The number of halogens is 3. The maximum atomic E-state index is 13.4. The molecule has 0 aliphatic carbocycles. The zero-order chi connectivity index (χ0) is 14.7. The minimum atomic E-state index is -4.58. The Morgan fingerprint density at radius 1 is 1.40 bits per heavy atom. The first kappa shape index (κ1) is 13.2. The van der Waals surface area contributed by atoms with Gasteiger partial charge >= 0.3 is 6.18 Å². The molecule has 2 atom stereocenters. The molecule has 1 spiro atoms. The van der Waals surface area contributed by atoms with Crippen molar-refractivity contribution < 1.29 is 22.7 Å². The van der Waals surface area contributed by atoms with Crippen molar-refractivity contribution in [1.82, 2.24) is 0 Å². The van der Waals surface area contributed by atoms with Crippen LogP contribution < -0.4 is 4.90 Å². The normalized spacial score (nSPS) is 29.4. The summed E-state index contributed by atoms with van der Waals surface area (Å²) in [5.74, 6) is -2.70. The van der Waals surface area contributed by atoms with Crippen LogP contribution in [0, 0.1) is 5.92 Å². The van der Waals surface area contributed by atoms with E-state index in [-0.39, 0.29) is 17.7 Å². The fraction of sp³-hybridized carbons (Fsp3) is 0.357. The number of hydrogen-bond acceptors (Lipinski definition) is 2. The van der Waals surface area contributed by atoms with E-state index in [4.69, 9.17) is 4.74 Å². The smallest absolute Gasteiger partial charge is 0.355 e. The molecule has 0 radical (unpaired) electrons. The summed E-state index contributed by atoms with van der Waals surface area (Å²) in [5.41, 5.74) is -1.42. The lowest BCUT2D eigenvalue weighted by molar-refractivity contribution is -0.205. The Hall–Kier alpha value is -1.82. The third-order valence-electron chi connectivity index (χ3n) is 3.92. The van der Waals surface area contributed by atoms with Gasteiger partial charge in [-0.3, -0.25) is 4.79 Å². The molecule has 0 aromatic heterocycles. The highest BCUT2D eigenvalue weighted by atomic mass is 19.4. The van der Waals surface area contributed by atoms with E-state index in [0.29, 0.717) is 5.69 Å². The van der Waals surface area contributed by atoms with Gasteiger partial charge < -0.3 is 9.64 Å². The number of benzene rings is 1. The number of ether oxygens (including phenoxy) is 1. The van der Waals surface area contributed by atoms with Gasteiger partial charge in [0.05, 0.1) is 12.3 Å². The lowest BCUT2D eigenvalue weighted by Crippen LogP contribution is -2.48. The Morgan fingerprint density at radius 2 is 2.05 bits per heavy atom. The van der Waals surface area contributed by atoms with Crippen molar-refractivity contribution in [3.05, 3.63) is 42.0 Å². The van der Waals surface area contributed by atoms with Crippen molar-refractivity contribution in [3.8, 4) is 0 Å². The Kier molecular flexibility index (Phi) is 2.54. The number of rotatable bonds is 0. The highest BCUT2D eigenvalue weighted by molar-refractivity contribution is 6.07. The third kappa shape index (κ3) is 1.42. The molecule has 0 N–H and O–H groups in total. The summed E-state index contributed by atoms with van der Waals surface area (Å²) in [5, 5.41) is 0. The summed E-state index contributed by atoms with van der Waals surface area (Å²) >= 11 is 0. The quantitative estimate of drug-likeness (QED) is 0.685. The number of anilines is 1. The van der Waals surface area contributed by atoms with Gasteiger partial charge in [0.1, 0.15) is 5.92 Å². The first-order valence-electron chi connectivity index (χ1n) is 6.06. The van der Waals surface area contributed by atoms with Gasteiger partial charge in [0.25, 0.3) is 5.91 Å². The van der Waals surface area contributed by atoms with Crippen LogP contribution in [0.2, 0.25) is 0 Å². The van der Waals surface area contributed by atoms with Gasteiger partial charge in [0, 0.05) is 12.6 Å². The fourth-order valence-corrected chi connectivity index (χ4v) is 3.09. The van der Waals surface area contributed by atoms with Crippen molar-refractivity contribution in [3.63, 3.8) is 0 Å². The van der Waals surface area contributed by atoms with Gasteiger partial charge in [-0.15, -0.1) is 0 Å². The zero-order valence-corrected chi connectivity index (χ0v) is 10.7. The number of carbonyl (C=O) groups is 1. The van der Waals surface area contributed by atoms with Crippen LogP contribution in [0.25, 0.3) is 0 Å². The molecule has 0 saturated carbocycles. The van der Waals surface area contributed by atoms with Crippen molar-refractivity contribution in [2.24, 2.45) is 5.92 Å². The number of carbonyl (C=O) groups excluding carboxylic acids is 1. The van der Waals surface area contributed by atoms with Gasteiger partial charge in [-0.25, -0.2) is 0 Å². The van der Waals surface area contributed by atoms with Crippen molar-refractivity contribution in [2.45, 2.75) is 11.8 Å². The summed E-state index contributed by atoms with van der Waals surface area (Å²) in [6.45, 7) is 3.17. The molecule has 20 heavy (non-hydrogen) atoms. The van der Waals surface area contributed by atoms with Gasteiger partial charge in [0.2, 0.25) is 0 Å². The third-order valence-corrected chi connectivity index (χ3v) is 3.92. The van der Waals surface area contributed by atoms with Gasteiger partial charge in [0.15, 0.2) is 5.60 Å². The summed E-state index contributed by atoms with van der Waals surface area (Å²) in [6.07, 6.45) is -4.58. The largest absolute Gasteiger partial charge is 0.399 e. The van der Waals surface area contributed by atoms with Gasteiger partial charge in [-0.2, -0.15) is 13.2 Å². The topological polar surface area (TPSA) is 29.5 Å². The van der Waals surface area contributed by atoms with Crippen LogP contribution in [-0.2, 0) is 15.1 Å². The Balaban J connectivity index is 2.26. The van der Waals surface area contributed by atoms with E-state index in [1.807, 2.05) is 0 Å². The van der Waals surface area contributed by atoms with E-state index in [1.165, 1.54) is 18.0 Å². The first-order chi connectivity index (χ1) is 9.30. The van der Waals surface area contributed by atoms with E-state index < -0.39 is 23.6 Å². The van der Waals surface area contributed by atoms with Crippen LogP contribution in [0.5, 0.6) is 0 Å². The van der Waals surface area contributed by atoms with E-state index in [1.54, 1.807) is 18.2 Å². The summed E-state index contributed by atoms with van der Waals surface area (Å²) < 4.78 is 45.5. The molecule has 1 aromatic carbocycles. The van der Waals surface area contributed by atoms with E-state index in [0.717, 1.165) is 0 Å². The maximum Gasteiger partial charge on any atom is 0.399 e. The molecule has 1 fully saturated rings. The standard InChI is InChI=1S/C14H12F3NO2/c1-8-7-20-13(11(8)14(15,16)17)9-5-3-4-6-10(9)18(2)12(13)19/h3-6,11H,1,7H2,2H3/t11-,13-/m0/s1. The molecule has 2 heterocycles. The monoisotopic (exact) mass is 283 g/mol. The first-order valence-corrected chi connectivity index (χ1v) is 6.06. The van der Waals surface area contributed by atoms with Crippen molar-refractivity contribution >= 4 is 11.6 Å². The number of para-hydroxylation sites is 1. The number of fused-ring (bicyclic) bond motifs is 2. The number of nitrogens with zero attached hydrogens (tertiary/aromatic N) is 1. The molecule has 2 aliphatic heterocycles. The van der Waals surface area contributed by atoms with Crippen LogP contribution in [-0.4, -0.2) is 25.7 Å².